The summed E-state index contributed by atoms with van der Waals surface area (Å²) in [5.74, 6) is 0.171. The second-order valence-electron chi connectivity index (χ2n) is 5.93. The maximum Gasteiger partial charge on any atom is 0.237 e. The average molecular weight is 274 g/mol. The van der Waals surface area contributed by atoms with Gasteiger partial charge in [-0.05, 0) is 51.5 Å². The predicted octanol–water partition coefficient (Wildman–Crippen LogP) is 2.57. The summed E-state index contributed by atoms with van der Waals surface area (Å²) in [5, 5.41) is 6.46. The van der Waals surface area contributed by atoms with Crippen molar-refractivity contribution in [3.05, 3.63) is 35.4 Å². The molecule has 1 aliphatic heterocycles. The van der Waals surface area contributed by atoms with E-state index in [1.165, 1.54) is 11.1 Å². The van der Waals surface area contributed by atoms with Gasteiger partial charge < -0.3 is 10.6 Å². The first kappa shape index (κ1) is 15.0. The van der Waals surface area contributed by atoms with Crippen LogP contribution in [0, 0.1) is 6.92 Å². The van der Waals surface area contributed by atoms with Gasteiger partial charge in [-0.2, -0.15) is 0 Å². The van der Waals surface area contributed by atoms with E-state index in [2.05, 4.69) is 48.7 Å². The normalized spacial score (nSPS) is 21.1. The molecule has 1 heterocycles. The topological polar surface area (TPSA) is 41.1 Å². The van der Waals surface area contributed by atoms with Crippen LogP contribution in [0.15, 0.2) is 24.3 Å². The highest BCUT2D eigenvalue weighted by Gasteiger charge is 2.21. The highest BCUT2D eigenvalue weighted by atomic mass is 16.2. The van der Waals surface area contributed by atoms with Gasteiger partial charge in [-0.15, -0.1) is 0 Å². The number of benzene rings is 1. The van der Waals surface area contributed by atoms with Crippen molar-refractivity contribution in [2.24, 2.45) is 0 Å². The number of nitrogens with one attached hydrogen (secondary N) is 2. The van der Waals surface area contributed by atoms with E-state index < -0.39 is 0 Å². The molecule has 2 N–H and O–H groups in total. The SMILES string of the molecule is Cc1cccc(CCC(C)NC2CCCCNC2=O)c1. The van der Waals surface area contributed by atoms with E-state index in [4.69, 9.17) is 0 Å². The average Bonchev–Trinajstić information content (AvgIpc) is 2.62. The maximum absolute atomic E-state index is 11.9. The zero-order valence-corrected chi connectivity index (χ0v) is 12.6. The summed E-state index contributed by atoms with van der Waals surface area (Å²) < 4.78 is 0. The molecule has 3 heteroatoms. The molecule has 1 amide bonds. The van der Waals surface area contributed by atoms with Gasteiger partial charge in [0.15, 0.2) is 0 Å². The second kappa shape index (κ2) is 7.44. The Kier molecular flexibility index (Phi) is 5.60. The standard InChI is InChI=1S/C17H26N2O/c1-13-6-5-7-15(12-13)10-9-14(2)19-16-8-3-4-11-18-17(16)20/h5-7,12,14,16,19H,3-4,8-11H2,1-2H3,(H,18,20). The first-order valence-corrected chi connectivity index (χ1v) is 7.74. The lowest BCUT2D eigenvalue weighted by Crippen LogP contribution is -2.46. The summed E-state index contributed by atoms with van der Waals surface area (Å²) in [7, 11) is 0. The highest BCUT2D eigenvalue weighted by molar-refractivity contribution is 5.81. The first-order chi connectivity index (χ1) is 9.65. The van der Waals surface area contributed by atoms with Crippen LogP contribution >= 0.6 is 0 Å². The first-order valence-electron chi connectivity index (χ1n) is 7.74. The minimum atomic E-state index is -0.00925. The molecule has 0 spiro atoms. The molecule has 2 unspecified atom stereocenters. The number of aryl methyl sites for hydroxylation is 2. The Balaban J connectivity index is 1.79. The smallest absolute Gasteiger partial charge is 0.237 e. The molecule has 1 aromatic rings. The van der Waals surface area contributed by atoms with Gasteiger partial charge in [-0.25, -0.2) is 0 Å². The molecule has 0 saturated carbocycles. The van der Waals surface area contributed by atoms with Crippen molar-refractivity contribution >= 4 is 5.91 Å². The molecule has 2 atom stereocenters. The molecule has 1 aliphatic rings. The van der Waals surface area contributed by atoms with E-state index in [9.17, 15) is 4.79 Å². The molecular weight excluding hydrogens is 248 g/mol. The van der Waals surface area contributed by atoms with Gasteiger partial charge >= 0.3 is 0 Å². The second-order valence-corrected chi connectivity index (χ2v) is 5.93. The fraction of sp³-hybridized carbons (Fsp3) is 0.588. The van der Waals surface area contributed by atoms with Gasteiger partial charge in [0.05, 0.1) is 6.04 Å². The van der Waals surface area contributed by atoms with Crippen molar-refractivity contribution in [1.29, 1.82) is 0 Å². The molecule has 0 bridgehead atoms. The molecule has 3 nitrogen and oxygen atoms in total. The Hall–Kier alpha value is -1.35. The Morgan fingerprint density at radius 1 is 1.40 bits per heavy atom. The van der Waals surface area contributed by atoms with E-state index in [-0.39, 0.29) is 11.9 Å². The molecular formula is C17H26N2O. The van der Waals surface area contributed by atoms with Gasteiger partial charge in [0.25, 0.3) is 0 Å². The molecule has 1 aromatic carbocycles. The summed E-state index contributed by atoms with van der Waals surface area (Å²) in [6.45, 7) is 5.13. The van der Waals surface area contributed by atoms with E-state index in [1.807, 2.05) is 0 Å². The van der Waals surface area contributed by atoms with Gasteiger partial charge in [0, 0.05) is 12.6 Å². The van der Waals surface area contributed by atoms with Crippen molar-refractivity contribution in [3.8, 4) is 0 Å². The van der Waals surface area contributed by atoms with E-state index in [0.29, 0.717) is 6.04 Å². The van der Waals surface area contributed by atoms with Crippen LogP contribution in [0.5, 0.6) is 0 Å². The number of amides is 1. The number of rotatable bonds is 5. The summed E-state index contributed by atoms with van der Waals surface area (Å²) in [4.78, 5) is 11.9. The monoisotopic (exact) mass is 274 g/mol. The molecule has 0 radical (unpaired) electrons. The third-order valence-corrected chi connectivity index (χ3v) is 3.97. The van der Waals surface area contributed by atoms with Crippen LogP contribution in [0.25, 0.3) is 0 Å². The van der Waals surface area contributed by atoms with Gasteiger partial charge in [-0.3, -0.25) is 4.79 Å². The highest BCUT2D eigenvalue weighted by Crippen LogP contribution is 2.10. The van der Waals surface area contributed by atoms with Crippen molar-refractivity contribution in [2.75, 3.05) is 6.54 Å². The molecule has 1 saturated heterocycles. The number of carbonyl (C=O) groups is 1. The van der Waals surface area contributed by atoms with Crippen LogP contribution in [0.1, 0.15) is 43.7 Å². The lowest BCUT2D eigenvalue weighted by molar-refractivity contribution is -0.123. The molecule has 110 valence electrons. The van der Waals surface area contributed by atoms with Gasteiger partial charge in [-0.1, -0.05) is 29.8 Å². The lowest BCUT2D eigenvalue weighted by Gasteiger charge is -2.21. The Bertz CT molecular complexity index is 444. The van der Waals surface area contributed by atoms with Crippen molar-refractivity contribution in [1.82, 2.24) is 10.6 Å². The van der Waals surface area contributed by atoms with Crippen molar-refractivity contribution < 1.29 is 4.79 Å². The summed E-state index contributed by atoms with van der Waals surface area (Å²) in [6, 6.07) is 9.01. The number of carbonyl (C=O) groups excluding carboxylic acids is 1. The number of hydrogen-bond acceptors (Lipinski definition) is 2. The summed E-state index contributed by atoms with van der Waals surface area (Å²) in [6.07, 6.45) is 5.31. The summed E-state index contributed by atoms with van der Waals surface area (Å²) in [5.41, 5.74) is 2.69. The van der Waals surface area contributed by atoms with Crippen molar-refractivity contribution in [3.63, 3.8) is 0 Å². The predicted molar refractivity (Wildman–Crippen MR) is 82.7 cm³/mol. The van der Waals surface area contributed by atoms with Crippen LogP contribution in [0.3, 0.4) is 0 Å². The minimum absolute atomic E-state index is 0.00925. The minimum Gasteiger partial charge on any atom is -0.355 e. The zero-order chi connectivity index (χ0) is 14.4. The van der Waals surface area contributed by atoms with E-state index >= 15 is 0 Å². The van der Waals surface area contributed by atoms with Gasteiger partial charge in [0.2, 0.25) is 5.91 Å². The Labute approximate surface area is 122 Å². The van der Waals surface area contributed by atoms with Gasteiger partial charge in [0.1, 0.15) is 0 Å². The van der Waals surface area contributed by atoms with Crippen LogP contribution in [-0.4, -0.2) is 24.5 Å². The fourth-order valence-electron chi connectivity index (χ4n) is 2.78. The molecule has 1 fully saturated rings. The molecule has 20 heavy (non-hydrogen) atoms. The third kappa shape index (κ3) is 4.64. The van der Waals surface area contributed by atoms with Crippen LogP contribution in [0.2, 0.25) is 0 Å². The third-order valence-electron chi connectivity index (χ3n) is 3.97. The molecule has 0 aliphatic carbocycles. The molecule has 2 rings (SSSR count). The quantitative estimate of drug-likeness (QED) is 0.866. The Morgan fingerprint density at radius 2 is 2.25 bits per heavy atom. The summed E-state index contributed by atoms with van der Waals surface area (Å²) >= 11 is 0. The van der Waals surface area contributed by atoms with Crippen LogP contribution < -0.4 is 10.6 Å². The van der Waals surface area contributed by atoms with Crippen molar-refractivity contribution in [2.45, 2.75) is 58.0 Å². The number of hydrogen-bond donors (Lipinski definition) is 2. The lowest BCUT2D eigenvalue weighted by atomic mass is 10.0. The van der Waals surface area contributed by atoms with E-state index in [0.717, 1.165) is 38.6 Å². The Morgan fingerprint density at radius 3 is 3.05 bits per heavy atom. The van der Waals surface area contributed by atoms with Crippen LogP contribution in [0.4, 0.5) is 0 Å². The van der Waals surface area contributed by atoms with Crippen LogP contribution in [-0.2, 0) is 11.2 Å². The zero-order valence-electron chi connectivity index (χ0n) is 12.6. The fourth-order valence-corrected chi connectivity index (χ4v) is 2.78. The largest absolute Gasteiger partial charge is 0.355 e. The van der Waals surface area contributed by atoms with E-state index in [1.54, 1.807) is 0 Å². The maximum atomic E-state index is 11.9. The molecule has 0 aromatic heterocycles.